The average molecular weight is 408 g/mol. The Morgan fingerprint density at radius 3 is 2.57 bits per heavy atom. The van der Waals surface area contributed by atoms with E-state index < -0.39 is 15.8 Å². The zero-order valence-corrected chi connectivity index (χ0v) is 17.1. The third kappa shape index (κ3) is 3.60. The number of likely N-dealkylation sites (tertiary alicyclic amines) is 1. The van der Waals surface area contributed by atoms with Crippen molar-refractivity contribution >= 4 is 10.0 Å². The summed E-state index contributed by atoms with van der Waals surface area (Å²) < 4.78 is 46.0. The Morgan fingerprint density at radius 2 is 1.89 bits per heavy atom. The van der Waals surface area contributed by atoms with Gasteiger partial charge in [0.25, 0.3) is 0 Å². The second-order valence-corrected chi connectivity index (χ2v) is 10.1. The maximum Gasteiger partial charge on any atom is 0.243 e. The fourth-order valence-electron chi connectivity index (χ4n) is 4.58. The zero-order chi connectivity index (χ0) is 19.9. The molecule has 4 rings (SSSR count). The third-order valence-corrected chi connectivity index (χ3v) is 8.02. The van der Waals surface area contributed by atoms with E-state index in [1.165, 1.54) is 24.3 Å². The lowest BCUT2D eigenvalue weighted by Gasteiger charge is -2.40. The summed E-state index contributed by atoms with van der Waals surface area (Å²) >= 11 is 0. The summed E-state index contributed by atoms with van der Waals surface area (Å²) in [5.74, 6) is 0.420. The summed E-state index contributed by atoms with van der Waals surface area (Å²) in [6.07, 6.45) is 2.93. The maximum atomic E-state index is 13.2. The van der Waals surface area contributed by atoms with Crippen LogP contribution < -0.4 is 0 Å². The highest BCUT2D eigenvalue weighted by atomic mass is 32.2. The lowest BCUT2D eigenvalue weighted by Crippen LogP contribution is -2.45. The van der Waals surface area contributed by atoms with Crippen molar-refractivity contribution in [2.45, 2.75) is 44.6 Å². The number of nitrogens with zero attached hydrogens (tertiary/aromatic N) is 3. The lowest BCUT2D eigenvalue weighted by molar-refractivity contribution is 0.0930. The second-order valence-electron chi connectivity index (χ2n) is 8.16. The predicted octanol–water partition coefficient (Wildman–Crippen LogP) is 3.11. The smallest absolute Gasteiger partial charge is 0.243 e. The minimum atomic E-state index is -3.59. The summed E-state index contributed by atoms with van der Waals surface area (Å²) in [6, 6.07) is 5.09. The van der Waals surface area contributed by atoms with Gasteiger partial charge >= 0.3 is 0 Å². The van der Waals surface area contributed by atoms with Crippen LogP contribution in [-0.2, 0) is 16.6 Å². The van der Waals surface area contributed by atoms with Gasteiger partial charge < -0.3 is 4.52 Å². The molecule has 1 aromatic carbocycles. The fourth-order valence-corrected chi connectivity index (χ4v) is 6.14. The van der Waals surface area contributed by atoms with Crippen molar-refractivity contribution in [3.63, 3.8) is 0 Å². The van der Waals surface area contributed by atoms with Gasteiger partial charge in [-0.1, -0.05) is 5.16 Å². The van der Waals surface area contributed by atoms with Crippen LogP contribution in [0.5, 0.6) is 0 Å². The molecule has 0 saturated carbocycles. The predicted molar refractivity (Wildman–Crippen MR) is 103 cm³/mol. The van der Waals surface area contributed by atoms with E-state index in [1.54, 1.807) is 4.31 Å². The number of hydrogen-bond donors (Lipinski definition) is 0. The van der Waals surface area contributed by atoms with E-state index in [0.29, 0.717) is 13.1 Å². The van der Waals surface area contributed by atoms with Gasteiger partial charge in [0.2, 0.25) is 10.0 Å². The van der Waals surface area contributed by atoms with Crippen molar-refractivity contribution in [1.29, 1.82) is 0 Å². The van der Waals surface area contributed by atoms with Crippen molar-refractivity contribution in [3.8, 4) is 0 Å². The number of sulfonamides is 1. The van der Waals surface area contributed by atoms with E-state index in [0.717, 1.165) is 55.9 Å². The summed E-state index contributed by atoms with van der Waals surface area (Å²) in [5.41, 5.74) is 2.03. The van der Waals surface area contributed by atoms with Crippen molar-refractivity contribution in [2.75, 3.05) is 26.2 Å². The molecule has 152 valence electrons. The van der Waals surface area contributed by atoms with Crippen LogP contribution in [0, 0.1) is 25.1 Å². The van der Waals surface area contributed by atoms with Crippen molar-refractivity contribution in [1.82, 2.24) is 14.4 Å². The molecule has 2 aliphatic rings. The third-order valence-electron chi connectivity index (χ3n) is 6.16. The minimum Gasteiger partial charge on any atom is -0.361 e. The molecular weight excluding hydrogens is 381 g/mol. The van der Waals surface area contributed by atoms with Crippen LogP contribution in [-0.4, -0.2) is 49.0 Å². The molecule has 3 heterocycles. The molecule has 0 bridgehead atoms. The molecule has 2 aromatic rings. The van der Waals surface area contributed by atoms with Gasteiger partial charge in [-0.15, -0.1) is 0 Å². The Labute approximate surface area is 165 Å². The molecular formula is C20H26FN3O3S. The van der Waals surface area contributed by atoms with Crippen LogP contribution in [0.2, 0.25) is 0 Å². The topological polar surface area (TPSA) is 66.7 Å². The maximum absolute atomic E-state index is 13.2. The van der Waals surface area contributed by atoms with Crippen LogP contribution >= 0.6 is 0 Å². The number of aryl methyl sites for hydroxylation is 2. The Bertz CT molecular complexity index is 938. The number of halogens is 1. The molecule has 2 fully saturated rings. The Balaban J connectivity index is 1.48. The molecule has 2 aliphatic heterocycles. The first-order valence-electron chi connectivity index (χ1n) is 9.69. The fraction of sp³-hybridized carbons (Fsp3) is 0.550. The first-order chi connectivity index (χ1) is 13.3. The Morgan fingerprint density at radius 1 is 1.14 bits per heavy atom. The van der Waals surface area contributed by atoms with Crippen molar-refractivity contribution in [2.24, 2.45) is 5.41 Å². The largest absolute Gasteiger partial charge is 0.361 e. The zero-order valence-electron chi connectivity index (χ0n) is 16.3. The van der Waals surface area contributed by atoms with Crippen LogP contribution in [0.15, 0.2) is 33.7 Å². The van der Waals surface area contributed by atoms with E-state index in [4.69, 9.17) is 4.52 Å². The number of benzene rings is 1. The van der Waals surface area contributed by atoms with Gasteiger partial charge in [-0.3, -0.25) is 4.90 Å². The van der Waals surface area contributed by atoms with Gasteiger partial charge in [-0.2, -0.15) is 4.31 Å². The van der Waals surface area contributed by atoms with Crippen LogP contribution in [0.25, 0.3) is 0 Å². The first kappa shape index (κ1) is 19.5. The van der Waals surface area contributed by atoms with Crippen molar-refractivity contribution in [3.05, 3.63) is 47.1 Å². The van der Waals surface area contributed by atoms with E-state index >= 15 is 0 Å². The molecule has 1 spiro atoms. The number of hydrogen-bond acceptors (Lipinski definition) is 5. The van der Waals surface area contributed by atoms with Crippen LogP contribution in [0.3, 0.4) is 0 Å². The summed E-state index contributed by atoms with van der Waals surface area (Å²) in [4.78, 5) is 2.55. The van der Waals surface area contributed by atoms with Crippen molar-refractivity contribution < 1.29 is 17.3 Å². The molecule has 28 heavy (non-hydrogen) atoms. The summed E-state index contributed by atoms with van der Waals surface area (Å²) in [5, 5.41) is 4.04. The molecule has 1 atom stereocenters. The first-order valence-corrected chi connectivity index (χ1v) is 11.1. The normalized spacial score (nSPS) is 24.2. The standard InChI is InChI=1S/C20H26FN3O3S/c1-15-19(16(2)27-22-15)12-23-10-3-8-20(13-23)9-11-24(14-20)28(25,26)18-6-4-17(21)5-7-18/h4-7H,3,8-14H2,1-2H3. The van der Waals surface area contributed by atoms with Gasteiger partial charge in [0, 0.05) is 31.7 Å². The molecule has 6 nitrogen and oxygen atoms in total. The molecule has 0 radical (unpaired) electrons. The summed E-state index contributed by atoms with van der Waals surface area (Å²) in [7, 11) is -3.59. The van der Waals surface area contributed by atoms with Gasteiger partial charge in [0.15, 0.2) is 0 Å². The van der Waals surface area contributed by atoms with Gasteiger partial charge in [-0.05, 0) is 69.3 Å². The molecule has 0 aliphatic carbocycles. The summed E-state index contributed by atoms with van der Waals surface area (Å²) in [6.45, 7) is 7.57. The van der Waals surface area contributed by atoms with Gasteiger partial charge in [0.1, 0.15) is 11.6 Å². The van der Waals surface area contributed by atoms with E-state index in [2.05, 4.69) is 10.1 Å². The molecule has 2 saturated heterocycles. The molecule has 0 N–H and O–H groups in total. The van der Waals surface area contributed by atoms with Crippen LogP contribution in [0.4, 0.5) is 4.39 Å². The van der Waals surface area contributed by atoms with E-state index in [9.17, 15) is 12.8 Å². The van der Waals surface area contributed by atoms with E-state index in [1.807, 2.05) is 13.8 Å². The Hall–Kier alpha value is -1.77. The number of piperidine rings is 1. The van der Waals surface area contributed by atoms with E-state index in [-0.39, 0.29) is 10.3 Å². The number of aromatic nitrogens is 1. The highest BCUT2D eigenvalue weighted by Crippen LogP contribution is 2.41. The van der Waals surface area contributed by atoms with Crippen LogP contribution in [0.1, 0.15) is 36.3 Å². The quantitative estimate of drug-likeness (QED) is 0.779. The average Bonchev–Trinajstić information content (AvgIpc) is 3.21. The highest BCUT2D eigenvalue weighted by Gasteiger charge is 2.45. The SMILES string of the molecule is Cc1noc(C)c1CN1CCCC2(CCN(S(=O)(=O)c3ccc(F)cc3)C2)C1. The second kappa shape index (κ2) is 7.24. The van der Waals surface area contributed by atoms with Gasteiger partial charge in [-0.25, -0.2) is 12.8 Å². The molecule has 1 aromatic heterocycles. The minimum absolute atomic E-state index is 0.0235. The number of rotatable bonds is 4. The molecule has 8 heteroatoms. The van der Waals surface area contributed by atoms with Gasteiger partial charge in [0.05, 0.1) is 10.6 Å². The molecule has 1 unspecified atom stereocenters. The lowest BCUT2D eigenvalue weighted by atomic mass is 9.79. The molecule has 0 amide bonds. The Kier molecular flexibility index (Phi) is 5.05. The highest BCUT2D eigenvalue weighted by molar-refractivity contribution is 7.89. The monoisotopic (exact) mass is 407 g/mol.